The van der Waals surface area contributed by atoms with Crippen LogP contribution < -0.4 is 55.7 Å². The largest absolute Gasteiger partial charge is 0.493 e. The SMILES string of the molecule is COC(=O)CCCCC(=O)N[C@@H](C)C(=O)N[C@@H](C)C(=O)Nc1cc(COc2cc(N)c(C(=O)N3CCc4ccccc43)cc2OC)cc(COc2cc3c(cc2OC)C(=O)N2c4ccccc4C[C@H]2CN3)c1. The Morgan fingerprint density at radius 2 is 1.38 bits per heavy atom. The minimum absolute atomic E-state index is 0.0131. The van der Waals surface area contributed by atoms with Gasteiger partial charge in [-0.25, -0.2) is 0 Å². The summed E-state index contributed by atoms with van der Waals surface area (Å²) in [5, 5.41) is 11.6. The van der Waals surface area contributed by atoms with Crippen molar-refractivity contribution in [3.05, 3.63) is 124 Å². The van der Waals surface area contributed by atoms with E-state index in [1.807, 2.05) is 59.5 Å². The number of ether oxygens (including phenoxy) is 5. The molecule has 3 heterocycles. The highest BCUT2D eigenvalue weighted by Gasteiger charge is 2.38. The molecule has 0 spiro atoms. The zero-order chi connectivity index (χ0) is 51.1. The van der Waals surface area contributed by atoms with Gasteiger partial charge in [-0.1, -0.05) is 36.4 Å². The summed E-state index contributed by atoms with van der Waals surface area (Å²) in [6, 6.07) is 25.4. The number of benzene rings is 5. The summed E-state index contributed by atoms with van der Waals surface area (Å²) >= 11 is 0. The van der Waals surface area contributed by atoms with E-state index in [2.05, 4.69) is 26.0 Å². The fourth-order valence-electron chi connectivity index (χ4n) is 9.15. The topological polar surface area (TPSA) is 229 Å². The number of nitrogen functional groups attached to an aromatic ring is 1. The molecular formula is C54H59N7O11. The Kier molecular flexibility index (Phi) is 15.5. The Labute approximate surface area is 417 Å². The van der Waals surface area contributed by atoms with Crippen LogP contribution in [-0.4, -0.2) is 88.0 Å². The van der Waals surface area contributed by atoms with Gasteiger partial charge in [0.2, 0.25) is 17.7 Å². The lowest BCUT2D eigenvalue weighted by Crippen LogP contribution is -2.50. The highest BCUT2D eigenvalue weighted by atomic mass is 16.5. The molecule has 0 unspecified atom stereocenters. The predicted molar refractivity (Wildman–Crippen MR) is 271 cm³/mol. The molecule has 0 aromatic heterocycles. The molecule has 8 rings (SSSR count). The molecule has 5 aromatic rings. The van der Waals surface area contributed by atoms with Crippen LogP contribution in [0.4, 0.5) is 28.4 Å². The van der Waals surface area contributed by atoms with Crippen LogP contribution in [-0.2, 0) is 50.0 Å². The van der Waals surface area contributed by atoms with Crippen LogP contribution >= 0.6 is 0 Å². The molecule has 376 valence electrons. The highest BCUT2D eigenvalue weighted by Crippen LogP contribution is 2.41. The Balaban J connectivity index is 0.993. The van der Waals surface area contributed by atoms with Gasteiger partial charge in [0.1, 0.15) is 25.3 Å². The number of carbonyl (C=O) groups excluding carboxylic acids is 6. The predicted octanol–water partition coefficient (Wildman–Crippen LogP) is 6.33. The molecule has 3 aliphatic rings. The first-order chi connectivity index (χ1) is 34.7. The molecule has 5 amide bonds. The molecule has 18 heteroatoms. The van der Waals surface area contributed by atoms with Gasteiger partial charge in [0.05, 0.1) is 44.2 Å². The van der Waals surface area contributed by atoms with Crippen molar-refractivity contribution in [2.75, 3.05) is 60.6 Å². The number of carbonyl (C=O) groups is 6. The number of amides is 5. The van der Waals surface area contributed by atoms with Crippen molar-refractivity contribution in [1.29, 1.82) is 0 Å². The minimum atomic E-state index is -1.03. The summed E-state index contributed by atoms with van der Waals surface area (Å²) in [5.41, 5.74) is 13.5. The summed E-state index contributed by atoms with van der Waals surface area (Å²) in [6.45, 7) is 4.02. The Morgan fingerprint density at radius 1 is 0.736 bits per heavy atom. The smallest absolute Gasteiger partial charge is 0.305 e. The van der Waals surface area contributed by atoms with Crippen molar-refractivity contribution in [3.8, 4) is 23.0 Å². The number of methoxy groups -OCH3 is 3. The third kappa shape index (κ3) is 11.2. The third-order valence-electron chi connectivity index (χ3n) is 12.9. The molecule has 18 nitrogen and oxygen atoms in total. The van der Waals surface area contributed by atoms with Crippen molar-refractivity contribution in [3.63, 3.8) is 0 Å². The number of nitrogens with two attached hydrogens (primary N) is 1. The number of anilines is 5. The molecule has 5 aromatic carbocycles. The number of para-hydroxylation sites is 2. The van der Waals surface area contributed by atoms with E-state index in [9.17, 15) is 28.8 Å². The van der Waals surface area contributed by atoms with Gasteiger partial charge in [0, 0.05) is 60.8 Å². The lowest BCUT2D eigenvalue weighted by molar-refractivity contribution is -0.140. The number of unbranched alkanes of at least 4 members (excludes halogenated alkanes) is 1. The first-order valence-corrected chi connectivity index (χ1v) is 23.9. The van der Waals surface area contributed by atoms with Crippen molar-refractivity contribution in [2.45, 2.75) is 83.7 Å². The lowest BCUT2D eigenvalue weighted by Gasteiger charge is -2.22. The fraction of sp³-hybridized carbons (Fsp3) is 0.333. The van der Waals surface area contributed by atoms with Gasteiger partial charge in [-0.05, 0) is 104 Å². The number of nitrogens with zero attached hydrogens (tertiary/aromatic N) is 2. The number of esters is 1. The lowest BCUT2D eigenvalue weighted by atomic mass is 10.1. The first-order valence-electron chi connectivity index (χ1n) is 23.9. The van der Waals surface area contributed by atoms with E-state index in [4.69, 9.17) is 24.7 Å². The van der Waals surface area contributed by atoms with Crippen molar-refractivity contribution < 1.29 is 52.5 Å². The van der Waals surface area contributed by atoms with E-state index in [1.54, 1.807) is 41.3 Å². The fourth-order valence-corrected chi connectivity index (χ4v) is 9.15. The second-order valence-electron chi connectivity index (χ2n) is 17.9. The van der Waals surface area contributed by atoms with Gasteiger partial charge in [-0.15, -0.1) is 0 Å². The second-order valence-corrected chi connectivity index (χ2v) is 17.9. The second kappa shape index (κ2) is 22.2. The maximum Gasteiger partial charge on any atom is 0.305 e. The average molecular weight is 982 g/mol. The molecule has 0 aliphatic carbocycles. The number of hydrogen-bond acceptors (Lipinski definition) is 13. The van der Waals surface area contributed by atoms with E-state index in [0.29, 0.717) is 65.5 Å². The summed E-state index contributed by atoms with van der Waals surface area (Å²) < 4.78 is 28.8. The zero-order valence-corrected chi connectivity index (χ0v) is 40.9. The van der Waals surface area contributed by atoms with E-state index in [-0.39, 0.29) is 78.5 Å². The molecule has 0 saturated carbocycles. The number of fused-ring (bicyclic) bond motifs is 5. The highest BCUT2D eigenvalue weighted by molar-refractivity contribution is 6.13. The third-order valence-corrected chi connectivity index (χ3v) is 12.9. The Morgan fingerprint density at radius 3 is 2.08 bits per heavy atom. The molecule has 0 bridgehead atoms. The summed E-state index contributed by atoms with van der Waals surface area (Å²) in [4.78, 5) is 82.1. The van der Waals surface area contributed by atoms with Gasteiger partial charge in [0.15, 0.2) is 23.0 Å². The molecule has 0 saturated heterocycles. The average Bonchev–Trinajstić information content (AvgIpc) is 3.96. The molecular weight excluding hydrogens is 923 g/mol. The van der Waals surface area contributed by atoms with Gasteiger partial charge in [0.25, 0.3) is 11.8 Å². The molecule has 0 radical (unpaired) electrons. The summed E-state index contributed by atoms with van der Waals surface area (Å²) in [5.74, 6) is -0.972. The monoisotopic (exact) mass is 981 g/mol. The van der Waals surface area contributed by atoms with E-state index >= 15 is 0 Å². The quantitative estimate of drug-likeness (QED) is 0.0347. The van der Waals surface area contributed by atoms with Crippen LogP contribution in [0.15, 0.2) is 91.0 Å². The van der Waals surface area contributed by atoms with Crippen LogP contribution in [0.25, 0.3) is 0 Å². The van der Waals surface area contributed by atoms with Crippen LogP contribution in [0.3, 0.4) is 0 Å². The summed E-state index contributed by atoms with van der Waals surface area (Å²) in [7, 11) is 4.27. The summed E-state index contributed by atoms with van der Waals surface area (Å²) in [6.07, 6.45) is 2.66. The Bertz CT molecular complexity index is 2910. The standard InChI is InChI=1S/C54H59N7O11/c1-31(57-49(62)16-10-11-17-50(63)70-5)51(64)58-32(2)52(65)59-37-21-33(29-71-47-26-41(55)39(24-45(47)68-3)53(66)60-19-18-35-12-6-8-14-43(35)60)20-34(22-37)30-72-48-27-42-40(25-46(48)69-4)54(67)61-38(28-56-42)23-36-13-7-9-15-44(36)61/h6-9,12-15,20-22,24-27,31-32,38,56H,10-11,16-19,23,28-30,55H2,1-5H3,(H,57,62)(H,58,64)(H,59,65)/t31-,32-,38-/m0/s1. The number of hydrogen-bond donors (Lipinski definition) is 5. The van der Waals surface area contributed by atoms with Gasteiger partial charge in [-0.3, -0.25) is 28.8 Å². The van der Waals surface area contributed by atoms with Crippen LogP contribution in [0, 0.1) is 0 Å². The van der Waals surface area contributed by atoms with Crippen molar-refractivity contribution >= 4 is 63.9 Å². The molecule has 0 fully saturated rings. The van der Waals surface area contributed by atoms with E-state index < -0.39 is 23.9 Å². The number of rotatable bonds is 19. The van der Waals surface area contributed by atoms with E-state index in [1.165, 1.54) is 35.2 Å². The van der Waals surface area contributed by atoms with Crippen LogP contribution in [0.5, 0.6) is 23.0 Å². The molecule has 6 N–H and O–H groups in total. The van der Waals surface area contributed by atoms with Crippen molar-refractivity contribution in [2.24, 2.45) is 0 Å². The minimum Gasteiger partial charge on any atom is -0.493 e. The van der Waals surface area contributed by atoms with Gasteiger partial charge in [-0.2, -0.15) is 0 Å². The van der Waals surface area contributed by atoms with Gasteiger partial charge >= 0.3 is 5.97 Å². The normalized spacial score (nSPS) is 15.0. The van der Waals surface area contributed by atoms with Gasteiger partial charge < -0.3 is 60.5 Å². The molecule has 3 aliphatic heterocycles. The maximum absolute atomic E-state index is 14.1. The maximum atomic E-state index is 14.1. The van der Waals surface area contributed by atoms with Crippen molar-refractivity contribution in [1.82, 2.24) is 10.6 Å². The first kappa shape index (κ1) is 50.1. The van der Waals surface area contributed by atoms with Crippen LogP contribution in [0.2, 0.25) is 0 Å². The zero-order valence-electron chi connectivity index (χ0n) is 40.9. The Hall–Kier alpha value is -8.28. The molecule has 72 heavy (non-hydrogen) atoms. The number of nitrogens with one attached hydrogen (secondary N) is 4. The van der Waals surface area contributed by atoms with E-state index in [0.717, 1.165) is 35.3 Å². The van der Waals surface area contributed by atoms with Crippen LogP contribution in [0.1, 0.15) is 82.5 Å². The molecule has 3 atom stereocenters.